The Morgan fingerprint density at radius 3 is 2.69 bits per heavy atom. The van der Waals surface area contributed by atoms with Crippen molar-refractivity contribution in [2.24, 2.45) is 0 Å². The Balaban J connectivity index is 2.38. The molecule has 0 saturated carbocycles. The van der Waals surface area contributed by atoms with Crippen molar-refractivity contribution in [2.45, 2.75) is 11.3 Å². The van der Waals surface area contributed by atoms with E-state index in [-0.39, 0.29) is 17.3 Å². The second kappa shape index (κ2) is 3.46. The van der Waals surface area contributed by atoms with E-state index in [0.29, 0.717) is 5.56 Å². The second-order valence-corrected chi connectivity index (χ2v) is 4.83. The van der Waals surface area contributed by atoms with E-state index in [1.807, 2.05) is 36.4 Å². The van der Waals surface area contributed by atoms with E-state index in [1.165, 1.54) is 11.8 Å². The SMILES string of the molecule is O=C1CC(=O)c2c(ccc3ccccc23)S1. The van der Waals surface area contributed by atoms with Crippen LogP contribution in [-0.4, -0.2) is 10.9 Å². The summed E-state index contributed by atoms with van der Waals surface area (Å²) in [6, 6.07) is 11.6. The van der Waals surface area contributed by atoms with Crippen LogP contribution in [0.15, 0.2) is 41.3 Å². The molecule has 1 aliphatic heterocycles. The largest absolute Gasteiger partial charge is 0.294 e. The molecule has 2 aromatic carbocycles. The van der Waals surface area contributed by atoms with Crippen LogP contribution in [0.5, 0.6) is 0 Å². The van der Waals surface area contributed by atoms with E-state index < -0.39 is 0 Å². The summed E-state index contributed by atoms with van der Waals surface area (Å²) in [6.07, 6.45) is 0.0195. The maximum atomic E-state index is 11.9. The number of hydrogen-bond acceptors (Lipinski definition) is 3. The van der Waals surface area contributed by atoms with Crippen molar-refractivity contribution in [2.75, 3.05) is 0 Å². The fourth-order valence-electron chi connectivity index (χ4n) is 2.00. The van der Waals surface area contributed by atoms with E-state index in [2.05, 4.69) is 0 Å². The van der Waals surface area contributed by atoms with Gasteiger partial charge >= 0.3 is 0 Å². The lowest BCUT2D eigenvalue weighted by atomic mass is 10.00. The minimum Gasteiger partial charge on any atom is -0.294 e. The number of Topliss-reactive ketones (excluding diaryl/α,β-unsaturated/α-hetero) is 1. The predicted octanol–water partition coefficient (Wildman–Crippen LogP) is 3.04. The summed E-state index contributed by atoms with van der Waals surface area (Å²) in [6.45, 7) is 0. The Bertz CT molecular complexity index is 616. The molecular weight excluding hydrogens is 220 g/mol. The zero-order valence-electron chi connectivity index (χ0n) is 8.40. The molecule has 0 N–H and O–H groups in total. The van der Waals surface area contributed by atoms with Gasteiger partial charge in [0, 0.05) is 10.5 Å². The zero-order chi connectivity index (χ0) is 11.1. The first-order valence-corrected chi connectivity index (χ1v) is 5.83. The van der Waals surface area contributed by atoms with Crippen molar-refractivity contribution in [3.05, 3.63) is 42.0 Å². The quantitative estimate of drug-likeness (QED) is 0.650. The van der Waals surface area contributed by atoms with E-state index >= 15 is 0 Å². The first-order chi connectivity index (χ1) is 7.75. The highest BCUT2D eigenvalue weighted by atomic mass is 32.2. The molecule has 3 heteroatoms. The Labute approximate surface area is 96.6 Å². The molecule has 1 aliphatic rings. The van der Waals surface area contributed by atoms with E-state index in [0.717, 1.165) is 15.7 Å². The Kier molecular flexibility index (Phi) is 2.07. The van der Waals surface area contributed by atoms with Gasteiger partial charge in [-0.2, -0.15) is 0 Å². The van der Waals surface area contributed by atoms with Crippen LogP contribution in [0.25, 0.3) is 10.8 Å². The number of fused-ring (bicyclic) bond motifs is 3. The Hall–Kier alpha value is -1.61. The van der Waals surface area contributed by atoms with Crippen LogP contribution in [0, 0.1) is 0 Å². The van der Waals surface area contributed by atoms with Crippen LogP contribution >= 0.6 is 11.8 Å². The number of carbonyl (C=O) groups excluding carboxylic acids is 2. The van der Waals surface area contributed by atoms with E-state index in [1.54, 1.807) is 0 Å². The van der Waals surface area contributed by atoms with Gasteiger partial charge in [-0.25, -0.2) is 0 Å². The minimum absolute atomic E-state index is 0.0195. The number of ketones is 1. The number of thioether (sulfide) groups is 1. The third-order valence-electron chi connectivity index (χ3n) is 2.70. The Morgan fingerprint density at radius 2 is 1.81 bits per heavy atom. The molecule has 2 nitrogen and oxygen atoms in total. The topological polar surface area (TPSA) is 34.1 Å². The molecular formula is C13H8O2S. The normalized spacial score (nSPS) is 15.2. The standard InChI is InChI=1S/C13H8O2S/c14-10-7-12(15)16-11-6-5-8-3-1-2-4-9(8)13(10)11/h1-6H,7H2. The molecule has 0 aliphatic carbocycles. The predicted molar refractivity (Wildman–Crippen MR) is 63.8 cm³/mol. The molecule has 0 saturated heterocycles. The van der Waals surface area contributed by atoms with Crippen molar-refractivity contribution >= 4 is 33.4 Å². The molecule has 0 unspecified atom stereocenters. The zero-order valence-corrected chi connectivity index (χ0v) is 9.21. The molecule has 16 heavy (non-hydrogen) atoms. The summed E-state index contributed by atoms with van der Waals surface area (Å²) in [5.74, 6) is -0.0597. The van der Waals surface area contributed by atoms with E-state index in [4.69, 9.17) is 0 Å². The highest BCUT2D eigenvalue weighted by molar-refractivity contribution is 8.14. The molecule has 0 fully saturated rings. The number of hydrogen-bond donors (Lipinski definition) is 0. The third kappa shape index (κ3) is 1.36. The van der Waals surface area contributed by atoms with Gasteiger partial charge in [0.25, 0.3) is 0 Å². The maximum absolute atomic E-state index is 11.9. The van der Waals surface area contributed by atoms with Crippen LogP contribution in [0.3, 0.4) is 0 Å². The summed E-state index contributed by atoms with van der Waals surface area (Å²) >= 11 is 1.17. The van der Waals surface area contributed by atoms with Crippen LogP contribution in [0.1, 0.15) is 16.8 Å². The van der Waals surface area contributed by atoms with Crippen molar-refractivity contribution in [3.63, 3.8) is 0 Å². The summed E-state index contributed by atoms with van der Waals surface area (Å²) < 4.78 is 0. The van der Waals surface area contributed by atoms with Gasteiger partial charge in [-0.05, 0) is 16.8 Å². The lowest BCUT2D eigenvalue weighted by Crippen LogP contribution is -2.12. The fourth-order valence-corrected chi connectivity index (χ4v) is 2.91. The van der Waals surface area contributed by atoms with Crippen molar-refractivity contribution in [1.82, 2.24) is 0 Å². The highest BCUT2D eigenvalue weighted by Crippen LogP contribution is 2.35. The first kappa shape index (κ1) is 9.60. The van der Waals surface area contributed by atoms with Crippen molar-refractivity contribution in [1.29, 1.82) is 0 Å². The van der Waals surface area contributed by atoms with Gasteiger partial charge in [-0.3, -0.25) is 9.59 Å². The van der Waals surface area contributed by atoms with Gasteiger partial charge in [0.05, 0.1) is 6.42 Å². The molecule has 0 atom stereocenters. The molecule has 0 radical (unpaired) electrons. The van der Waals surface area contributed by atoms with Gasteiger partial charge in [-0.1, -0.05) is 42.1 Å². The van der Waals surface area contributed by atoms with Gasteiger partial charge in [-0.15, -0.1) is 0 Å². The summed E-state index contributed by atoms with van der Waals surface area (Å²) in [5, 5.41) is 1.93. The van der Waals surface area contributed by atoms with Gasteiger partial charge in [0.15, 0.2) is 5.78 Å². The smallest absolute Gasteiger partial charge is 0.201 e. The van der Waals surface area contributed by atoms with Crippen LogP contribution in [0.4, 0.5) is 0 Å². The number of benzene rings is 2. The number of carbonyl (C=O) groups is 2. The van der Waals surface area contributed by atoms with Gasteiger partial charge in [0.1, 0.15) is 0 Å². The second-order valence-electron chi connectivity index (χ2n) is 3.73. The van der Waals surface area contributed by atoms with Crippen molar-refractivity contribution < 1.29 is 9.59 Å². The van der Waals surface area contributed by atoms with Gasteiger partial charge < -0.3 is 0 Å². The molecule has 0 bridgehead atoms. The summed E-state index contributed by atoms with van der Waals surface area (Å²) in [5.41, 5.74) is 0.711. The van der Waals surface area contributed by atoms with Crippen molar-refractivity contribution in [3.8, 4) is 0 Å². The molecule has 0 aromatic heterocycles. The average molecular weight is 228 g/mol. The van der Waals surface area contributed by atoms with Gasteiger partial charge in [0.2, 0.25) is 5.12 Å². The lowest BCUT2D eigenvalue weighted by molar-refractivity contribution is -0.110. The molecule has 78 valence electrons. The maximum Gasteiger partial charge on any atom is 0.201 e. The average Bonchev–Trinajstić information content (AvgIpc) is 2.28. The highest BCUT2D eigenvalue weighted by Gasteiger charge is 2.25. The molecule has 3 rings (SSSR count). The molecule has 0 spiro atoms. The fraction of sp³-hybridized carbons (Fsp3) is 0.0769. The summed E-state index contributed by atoms with van der Waals surface area (Å²) in [7, 11) is 0. The first-order valence-electron chi connectivity index (χ1n) is 5.01. The summed E-state index contributed by atoms with van der Waals surface area (Å²) in [4.78, 5) is 24.0. The van der Waals surface area contributed by atoms with Crippen LogP contribution in [0.2, 0.25) is 0 Å². The monoisotopic (exact) mass is 228 g/mol. The molecule has 0 amide bonds. The molecule has 1 heterocycles. The number of rotatable bonds is 0. The third-order valence-corrected chi connectivity index (χ3v) is 3.63. The van der Waals surface area contributed by atoms with Crippen LogP contribution < -0.4 is 0 Å². The Morgan fingerprint density at radius 1 is 1.00 bits per heavy atom. The lowest BCUT2D eigenvalue weighted by Gasteiger charge is -2.15. The molecule has 2 aromatic rings. The van der Waals surface area contributed by atoms with Crippen LogP contribution in [-0.2, 0) is 4.79 Å². The minimum atomic E-state index is -0.0622. The van der Waals surface area contributed by atoms with E-state index in [9.17, 15) is 9.59 Å².